The van der Waals surface area contributed by atoms with Gasteiger partial charge in [-0.3, -0.25) is 4.79 Å². The predicted octanol–water partition coefficient (Wildman–Crippen LogP) is 3.79. The Labute approximate surface area is 132 Å². The molecule has 0 bridgehead atoms. The van der Waals surface area contributed by atoms with Crippen LogP contribution in [0.1, 0.15) is 24.0 Å². The minimum absolute atomic E-state index is 0.132. The molecule has 2 nitrogen and oxygen atoms in total. The number of amides is 1. The summed E-state index contributed by atoms with van der Waals surface area (Å²) in [4.78, 5) is 14.3. The fourth-order valence-corrected chi connectivity index (χ4v) is 2.85. The molecule has 0 spiro atoms. The summed E-state index contributed by atoms with van der Waals surface area (Å²) in [5.41, 5.74) is 0.555. The fraction of sp³-hybridized carbons (Fsp3) is 0.278. The smallest absolute Gasteiger partial charge is 0.233 e. The Morgan fingerprint density at radius 2 is 1.70 bits per heavy atom. The van der Waals surface area contributed by atoms with E-state index in [0.717, 1.165) is 17.7 Å². The molecular formula is C18H16F3NO. The van der Waals surface area contributed by atoms with Crippen molar-refractivity contribution >= 4 is 5.91 Å². The van der Waals surface area contributed by atoms with Gasteiger partial charge in [0, 0.05) is 13.6 Å². The average molecular weight is 319 g/mol. The van der Waals surface area contributed by atoms with Crippen molar-refractivity contribution in [2.24, 2.45) is 0 Å². The van der Waals surface area contributed by atoms with Gasteiger partial charge in [-0.25, -0.2) is 13.2 Å². The highest BCUT2D eigenvalue weighted by atomic mass is 19.2. The van der Waals surface area contributed by atoms with Crippen LogP contribution in [-0.2, 0) is 16.8 Å². The maximum atomic E-state index is 13.5. The second-order valence-electron chi connectivity index (χ2n) is 6.00. The molecule has 2 aromatic rings. The molecule has 0 saturated heterocycles. The first kappa shape index (κ1) is 15.6. The summed E-state index contributed by atoms with van der Waals surface area (Å²) < 4.78 is 39.5. The van der Waals surface area contributed by atoms with Crippen molar-refractivity contribution in [1.29, 1.82) is 0 Å². The van der Waals surface area contributed by atoms with Crippen LogP contribution < -0.4 is 0 Å². The molecule has 2 aromatic carbocycles. The van der Waals surface area contributed by atoms with Gasteiger partial charge in [0.2, 0.25) is 5.91 Å². The number of benzene rings is 2. The number of halogens is 3. The van der Waals surface area contributed by atoms with E-state index in [1.165, 1.54) is 18.2 Å². The lowest BCUT2D eigenvalue weighted by atomic mass is 9.94. The lowest BCUT2D eigenvalue weighted by molar-refractivity contribution is -0.133. The Morgan fingerprint density at radius 3 is 2.26 bits per heavy atom. The summed E-state index contributed by atoms with van der Waals surface area (Å²) in [5.74, 6) is -2.32. The van der Waals surface area contributed by atoms with Crippen LogP contribution in [0.4, 0.5) is 13.2 Å². The van der Waals surface area contributed by atoms with Crippen molar-refractivity contribution in [2.75, 3.05) is 7.05 Å². The molecule has 5 heteroatoms. The highest BCUT2D eigenvalue weighted by Gasteiger charge is 2.52. The molecule has 1 saturated carbocycles. The number of hydrogen-bond acceptors (Lipinski definition) is 1. The molecule has 0 heterocycles. The zero-order valence-corrected chi connectivity index (χ0v) is 12.7. The van der Waals surface area contributed by atoms with Crippen molar-refractivity contribution in [1.82, 2.24) is 4.90 Å². The van der Waals surface area contributed by atoms with E-state index >= 15 is 0 Å². The summed E-state index contributed by atoms with van der Waals surface area (Å²) in [5, 5.41) is 0. The highest BCUT2D eigenvalue weighted by molar-refractivity contribution is 5.91. The van der Waals surface area contributed by atoms with Crippen LogP contribution in [0.15, 0.2) is 42.5 Å². The van der Waals surface area contributed by atoms with Crippen LogP contribution in [0.5, 0.6) is 0 Å². The lowest BCUT2D eigenvalue weighted by Gasteiger charge is -2.24. The summed E-state index contributed by atoms with van der Waals surface area (Å²) in [6, 6.07) is 9.55. The van der Waals surface area contributed by atoms with Gasteiger partial charge in [0.15, 0.2) is 11.6 Å². The van der Waals surface area contributed by atoms with Gasteiger partial charge in [0.1, 0.15) is 5.82 Å². The highest BCUT2D eigenvalue weighted by Crippen LogP contribution is 2.49. The quantitative estimate of drug-likeness (QED) is 0.839. The molecule has 1 aliphatic rings. The number of carbonyl (C=O) groups excluding carboxylic acids is 1. The summed E-state index contributed by atoms with van der Waals surface area (Å²) in [7, 11) is 1.66. The van der Waals surface area contributed by atoms with Gasteiger partial charge in [-0.05, 0) is 48.2 Å². The van der Waals surface area contributed by atoms with Crippen molar-refractivity contribution < 1.29 is 18.0 Å². The van der Waals surface area contributed by atoms with Crippen molar-refractivity contribution in [3.63, 3.8) is 0 Å². The third-order valence-corrected chi connectivity index (χ3v) is 4.31. The zero-order chi connectivity index (χ0) is 16.6. The minimum atomic E-state index is -0.942. The predicted molar refractivity (Wildman–Crippen MR) is 80.1 cm³/mol. The Kier molecular flexibility index (Phi) is 3.88. The van der Waals surface area contributed by atoms with E-state index in [1.54, 1.807) is 24.1 Å². The Balaban J connectivity index is 1.78. The monoisotopic (exact) mass is 319 g/mol. The summed E-state index contributed by atoms with van der Waals surface area (Å²) >= 11 is 0. The van der Waals surface area contributed by atoms with E-state index < -0.39 is 17.0 Å². The third kappa shape index (κ3) is 2.96. The number of carbonyl (C=O) groups is 1. The summed E-state index contributed by atoms with van der Waals surface area (Å²) in [6.07, 6.45) is 1.23. The van der Waals surface area contributed by atoms with Crippen LogP contribution in [0.25, 0.3) is 0 Å². The van der Waals surface area contributed by atoms with E-state index in [2.05, 4.69) is 0 Å². The van der Waals surface area contributed by atoms with E-state index in [4.69, 9.17) is 0 Å². The van der Waals surface area contributed by atoms with E-state index in [-0.39, 0.29) is 11.7 Å². The van der Waals surface area contributed by atoms with Gasteiger partial charge < -0.3 is 4.90 Å². The second-order valence-corrected chi connectivity index (χ2v) is 6.00. The SMILES string of the molecule is CN(Cc1ccc(F)cc1)C(=O)C1(c2ccc(F)c(F)c2)CC1. The van der Waals surface area contributed by atoms with Gasteiger partial charge in [-0.2, -0.15) is 0 Å². The van der Waals surface area contributed by atoms with Crippen LogP contribution >= 0.6 is 0 Å². The molecule has 1 amide bonds. The average Bonchev–Trinajstić information content (AvgIpc) is 3.33. The molecule has 0 atom stereocenters. The third-order valence-electron chi connectivity index (χ3n) is 4.31. The number of rotatable bonds is 4. The minimum Gasteiger partial charge on any atom is -0.341 e. The van der Waals surface area contributed by atoms with Gasteiger partial charge >= 0.3 is 0 Å². The normalized spacial score (nSPS) is 15.3. The van der Waals surface area contributed by atoms with Crippen molar-refractivity contribution in [3.05, 3.63) is 71.0 Å². The Hall–Kier alpha value is -2.30. The molecule has 120 valence electrons. The van der Waals surface area contributed by atoms with E-state index in [9.17, 15) is 18.0 Å². The molecule has 0 N–H and O–H groups in total. The van der Waals surface area contributed by atoms with Crippen molar-refractivity contribution in [3.8, 4) is 0 Å². The maximum absolute atomic E-state index is 13.5. The van der Waals surface area contributed by atoms with Crippen LogP contribution in [-0.4, -0.2) is 17.9 Å². The van der Waals surface area contributed by atoms with Crippen LogP contribution in [0, 0.1) is 17.5 Å². The Morgan fingerprint density at radius 1 is 1.04 bits per heavy atom. The molecule has 0 unspecified atom stereocenters. The number of nitrogens with zero attached hydrogens (tertiary/aromatic N) is 1. The Bertz CT molecular complexity index is 738. The molecule has 0 aromatic heterocycles. The lowest BCUT2D eigenvalue weighted by Crippen LogP contribution is -2.36. The first-order valence-electron chi connectivity index (χ1n) is 7.38. The first-order chi connectivity index (χ1) is 10.9. The van der Waals surface area contributed by atoms with Gasteiger partial charge in [-0.15, -0.1) is 0 Å². The first-order valence-corrected chi connectivity index (χ1v) is 7.38. The maximum Gasteiger partial charge on any atom is 0.233 e. The summed E-state index contributed by atoms with van der Waals surface area (Å²) in [6.45, 7) is 0.338. The van der Waals surface area contributed by atoms with Crippen molar-refractivity contribution in [2.45, 2.75) is 24.8 Å². The zero-order valence-electron chi connectivity index (χ0n) is 12.7. The molecule has 1 fully saturated rings. The second kappa shape index (κ2) is 5.72. The molecule has 0 radical (unpaired) electrons. The molecular weight excluding hydrogens is 303 g/mol. The number of hydrogen-bond donors (Lipinski definition) is 0. The van der Waals surface area contributed by atoms with Crippen LogP contribution in [0.3, 0.4) is 0 Å². The molecule has 3 rings (SSSR count). The molecule has 0 aliphatic heterocycles. The van der Waals surface area contributed by atoms with E-state index in [1.807, 2.05) is 0 Å². The largest absolute Gasteiger partial charge is 0.341 e. The van der Waals surface area contributed by atoms with Gasteiger partial charge in [0.25, 0.3) is 0 Å². The fourth-order valence-electron chi connectivity index (χ4n) is 2.85. The van der Waals surface area contributed by atoms with Crippen LogP contribution in [0.2, 0.25) is 0 Å². The number of likely N-dealkylation sites (N-methyl/N-ethyl adjacent to an activating group) is 1. The standard InChI is InChI=1S/C18H16F3NO/c1-22(11-12-2-5-14(19)6-3-12)17(23)18(8-9-18)13-4-7-15(20)16(21)10-13/h2-7,10H,8-9,11H2,1H3. The van der Waals surface area contributed by atoms with E-state index in [0.29, 0.717) is 24.9 Å². The molecule has 1 aliphatic carbocycles. The van der Waals surface area contributed by atoms with Gasteiger partial charge in [0.05, 0.1) is 5.41 Å². The topological polar surface area (TPSA) is 20.3 Å². The molecule has 23 heavy (non-hydrogen) atoms. The van der Waals surface area contributed by atoms with Gasteiger partial charge in [-0.1, -0.05) is 18.2 Å².